The average molecular weight is 343 g/mol. The van der Waals surface area contributed by atoms with Crippen molar-refractivity contribution in [1.29, 1.82) is 0 Å². The standard InChI is InChI=1S/C19H22FN3O2/c1-23-11-13(10-21-23)17(12-8-14(24)9-12)22-18(25)19(6-7-19)15-4-2-3-5-16(15)20/h2-5,10-12,14,17,24H,6-9H2,1H3,(H,22,25)/t12?,14?,17-/m1/s1. The largest absolute Gasteiger partial charge is 0.393 e. The predicted octanol–water partition coefficient (Wildman–Crippen LogP) is 2.22. The Hall–Kier alpha value is -2.21. The van der Waals surface area contributed by atoms with Crippen LogP contribution in [0.1, 0.15) is 42.9 Å². The van der Waals surface area contributed by atoms with Crippen LogP contribution in [-0.2, 0) is 17.3 Å². The number of nitrogens with one attached hydrogen (secondary N) is 1. The van der Waals surface area contributed by atoms with E-state index in [1.165, 1.54) is 6.07 Å². The minimum absolute atomic E-state index is 0.132. The number of benzene rings is 1. The second kappa shape index (κ2) is 5.95. The van der Waals surface area contributed by atoms with Gasteiger partial charge in [-0.15, -0.1) is 0 Å². The van der Waals surface area contributed by atoms with Gasteiger partial charge in [-0.25, -0.2) is 4.39 Å². The van der Waals surface area contributed by atoms with Gasteiger partial charge in [0.05, 0.1) is 23.8 Å². The Morgan fingerprint density at radius 1 is 1.40 bits per heavy atom. The van der Waals surface area contributed by atoms with Gasteiger partial charge >= 0.3 is 0 Å². The second-order valence-corrected chi connectivity index (χ2v) is 7.35. The van der Waals surface area contributed by atoms with Gasteiger partial charge in [-0.2, -0.15) is 5.10 Å². The highest BCUT2D eigenvalue weighted by molar-refractivity contribution is 5.91. The van der Waals surface area contributed by atoms with Crippen molar-refractivity contribution in [1.82, 2.24) is 15.1 Å². The van der Waals surface area contributed by atoms with Crippen molar-refractivity contribution in [2.24, 2.45) is 13.0 Å². The van der Waals surface area contributed by atoms with Gasteiger partial charge in [0.2, 0.25) is 5.91 Å². The molecule has 1 heterocycles. The Labute approximate surface area is 145 Å². The average Bonchev–Trinajstić information content (AvgIpc) is 3.26. The van der Waals surface area contributed by atoms with Crippen LogP contribution >= 0.6 is 0 Å². The molecule has 1 aromatic carbocycles. The fraction of sp³-hybridized carbons (Fsp3) is 0.474. The lowest BCUT2D eigenvalue weighted by Gasteiger charge is -2.38. The summed E-state index contributed by atoms with van der Waals surface area (Å²) < 4.78 is 15.9. The third-order valence-electron chi connectivity index (χ3n) is 5.57. The number of aliphatic hydroxyl groups excluding tert-OH is 1. The molecule has 0 saturated heterocycles. The first kappa shape index (κ1) is 16.3. The van der Waals surface area contributed by atoms with Gasteiger partial charge in [0.15, 0.2) is 0 Å². The van der Waals surface area contributed by atoms with E-state index in [4.69, 9.17) is 0 Å². The number of hydrogen-bond acceptors (Lipinski definition) is 3. The lowest BCUT2D eigenvalue weighted by molar-refractivity contribution is -0.125. The van der Waals surface area contributed by atoms with E-state index in [9.17, 15) is 14.3 Å². The van der Waals surface area contributed by atoms with Crippen LogP contribution < -0.4 is 5.32 Å². The molecule has 2 N–H and O–H groups in total. The summed E-state index contributed by atoms with van der Waals surface area (Å²) in [6.45, 7) is 0. The van der Waals surface area contributed by atoms with Crippen LogP contribution in [-0.4, -0.2) is 26.9 Å². The fourth-order valence-electron chi connectivity index (χ4n) is 3.85. The van der Waals surface area contributed by atoms with Crippen LogP contribution in [0.3, 0.4) is 0 Å². The van der Waals surface area contributed by atoms with Crippen molar-refractivity contribution in [2.75, 3.05) is 0 Å². The first-order valence-electron chi connectivity index (χ1n) is 8.72. The van der Waals surface area contributed by atoms with Crippen molar-refractivity contribution in [3.63, 3.8) is 0 Å². The smallest absolute Gasteiger partial charge is 0.231 e. The first-order chi connectivity index (χ1) is 12.0. The zero-order valence-electron chi connectivity index (χ0n) is 14.2. The highest BCUT2D eigenvalue weighted by Gasteiger charge is 2.53. The molecule has 0 bridgehead atoms. The zero-order chi connectivity index (χ0) is 17.6. The molecule has 1 amide bonds. The summed E-state index contributed by atoms with van der Waals surface area (Å²) in [7, 11) is 1.83. The number of aliphatic hydroxyl groups is 1. The summed E-state index contributed by atoms with van der Waals surface area (Å²) >= 11 is 0. The van der Waals surface area contributed by atoms with E-state index >= 15 is 0 Å². The number of aryl methyl sites for hydroxylation is 1. The molecule has 2 saturated carbocycles. The number of carbonyl (C=O) groups is 1. The van der Waals surface area contributed by atoms with E-state index < -0.39 is 5.41 Å². The minimum atomic E-state index is -0.756. The van der Waals surface area contributed by atoms with Crippen LogP contribution in [0.4, 0.5) is 4.39 Å². The first-order valence-corrected chi connectivity index (χ1v) is 8.72. The highest BCUT2D eigenvalue weighted by Crippen LogP contribution is 2.50. The predicted molar refractivity (Wildman–Crippen MR) is 90.1 cm³/mol. The molecule has 5 nitrogen and oxygen atoms in total. The van der Waals surface area contributed by atoms with Crippen molar-refractivity contribution in [3.8, 4) is 0 Å². The molecule has 0 aliphatic heterocycles. The molecule has 2 aliphatic carbocycles. The van der Waals surface area contributed by atoms with E-state index in [2.05, 4.69) is 10.4 Å². The summed E-state index contributed by atoms with van der Waals surface area (Å²) in [6, 6.07) is 6.32. The number of hydrogen-bond donors (Lipinski definition) is 2. The Morgan fingerprint density at radius 3 is 2.68 bits per heavy atom. The second-order valence-electron chi connectivity index (χ2n) is 7.35. The van der Waals surface area contributed by atoms with E-state index in [0.717, 1.165) is 5.56 Å². The minimum Gasteiger partial charge on any atom is -0.393 e. The third-order valence-corrected chi connectivity index (χ3v) is 5.57. The van der Waals surface area contributed by atoms with Gasteiger partial charge in [0.25, 0.3) is 0 Å². The van der Waals surface area contributed by atoms with E-state index in [1.54, 1.807) is 29.1 Å². The topological polar surface area (TPSA) is 67.2 Å². The van der Waals surface area contributed by atoms with Gasteiger partial charge < -0.3 is 10.4 Å². The number of nitrogens with zero attached hydrogens (tertiary/aromatic N) is 2. The van der Waals surface area contributed by atoms with Crippen LogP contribution in [0.15, 0.2) is 36.7 Å². The molecule has 2 fully saturated rings. The molecule has 4 rings (SSSR count). The van der Waals surface area contributed by atoms with Crippen molar-refractivity contribution in [3.05, 3.63) is 53.6 Å². The Kier molecular flexibility index (Phi) is 3.87. The SMILES string of the molecule is Cn1cc([C@H](NC(=O)C2(c3ccccc3F)CC2)C2CC(O)C2)cn1. The normalized spacial score (nSPS) is 25.1. The van der Waals surface area contributed by atoms with Gasteiger partial charge in [0.1, 0.15) is 5.82 Å². The summed E-state index contributed by atoms with van der Waals surface area (Å²) in [6.07, 6.45) is 5.97. The molecule has 25 heavy (non-hydrogen) atoms. The van der Waals surface area contributed by atoms with Crippen LogP contribution in [0.25, 0.3) is 0 Å². The van der Waals surface area contributed by atoms with E-state index in [-0.39, 0.29) is 29.8 Å². The zero-order valence-corrected chi connectivity index (χ0v) is 14.2. The van der Waals surface area contributed by atoms with Crippen LogP contribution in [0.2, 0.25) is 0 Å². The maximum atomic E-state index is 14.2. The van der Waals surface area contributed by atoms with Crippen molar-refractivity contribution < 1.29 is 14.3 Å². The number of halogens is 1. The van der Waals surface area contributed by atoms with Gasteiger partial charge in [-0.1, -0.05) is 18.2 Å². The molecular formula is C19H22FN3O2. The Bertz CT molecular complexity index is 793. The summed E-state index contributed by atoms with van der Waals surface area (Å²) in [5.41, 5.74) is 0.650. The van der Waals surface area contributed by atoms with E-state index in [0.29, 0.717) is 31.2 Å². The maximum absolute atomic E-state index is 14.2. The maximum Gasteiger partial charge on any atom is 0.231 e. The fourth-order valence-corrected chi connectivity index (χ4v) is 3.85. The summed E-state index contributed by atoms with van der Waals surface area (Å²) in [4.78, 5) is 13.0. The molecule has 0 radical (unpaired) electrons. The lowest BCUT2D eigenvalue weighted by Crippen LogP contribution is -2.44. The lowest BCUT2D eigenvalue weighted by atomic mass is 9.75. The Balaban J connectivity index is 1.58. The molecular weight excluding hydrogens is 321 g/mol. The number of amides is 1. The monoisotopic (exact) mass is 343 g/mol. The van der Waals surface area contributed by atoms with Gasteiger partial charge in [0, 0.05) is 24.4 Å². The van der Waals surface area contributed by atoms with Crippen LogP contribution in [0, 0.1) is 11.7 Å². The van der Waals surface area contributed by atoms with Gasteiger partial charge in [-0.05, 0) is 37.7 Å². The summed E-state index contributed by atoms with van der Waals surface area (Å²) in [5.74, 6) is -0.278. The molecule has 2 aliphatic rings. The van der Waals surface area contributed by atoms with Crippen molar-refractivity contribution in [2.45, 2.75) is 43.2 Å². The molecule has 1 atom stereocenters. The Morgan fingerprint density at radius 2 is 2.12 bits per heavy atom. The molecule has 6 heteroatoms. The molecule has 1 aromatic heterocycles. The highest BCUT2D eigenvalue weighted by atomic mass is 19.1. The van der Waals surface area contributed by atoms with E-state index in [1.807, 2.05) is 13.2 Å². The molecule has 0 unspecified atom stereocenters. The number of carbonyl (C=O) groups excluding carboxylic acids is 1. The number of aromatic nitrogens is 2. The van der Waals surface area contributed by atoms with Crippen molar-refractivity contribution >= 4 is 5.91 Å². The number of rotatable bonds is 5. The molecule has 0 spiro atoms. The summed E-state index contributed by atoms with van der Waals surface area (Å²) in [5, 5.41) is 17.0. The van der Waals surface area contributed by atoms with Gasteiger partial charge in [-0.3, -0.25) is 9.48 Å². The molecule has 132 valence electrons. The van der Waals surface area contributed by atoms with Crippen LogP contribution in [0.5, 0.6) is 0 Å². The third kappa shape index (κ3) is 2.84. The molecule has 2 aromatic rings. The quantitative estimate of drug-likeness (QED) is 0.875.